The smallest absolute Gasteiger partial charge is 0.344 e. The standard InChI is InChI=1S/C12H26O4.C9H10O3/c1-9(5-11(3)13)7-15-16-8-10(2)6-12(4)14;1-7(9(10)11)12-8-5-3-2-4-6-8/h9-14H,5-8H2,1-4H3;2-7H,1H3,(H,10,11). The third kappa shape index (κ3) is 15.4. The lowest BCUT2D eigenvalue weighted by Crippen LogP contribution is -2.22. The van der Waals surface area contributed by atoms with Crippen molar-refractivity contribution in [2.75, 3.05) is 13.2 Å². The van der Waals surface area contributed by atoms with E-state index in [9.17, 15) is 4.79 Å². The molecule has 0 saturated carbocycles. The van der Waals surface area contributed by atoms with Gasteiger partial charge in [-0.3, -0.25) is 0 Å². The van der Waals surface area contributed by atoms with Crippen molar-refractivity contribution >= 4 is 5.97 Å². The zero-order valence-electron chi connectivity index (χ0n) is 17.6. The molecular formula is C21H36O7. The SMILES string of the molecule is CC(O)CC(C)COOCC(C)CC(C)O.CC(Oc1ccccc1)C(=O)O. The fraction of sp³-hybridized carbons (Fsp3) is 0.667. The van der Waals surface area contributed by atoms with Crippen molar-refractivity contribution in [3.63, 3.8) is 0 Å². The van der Waals surface area contributed by atoms with Crippen LogP contribution in [0.5, 0.6) is 5.75 Å². The maximum absolute atomic E-state index is 10.4. The molecule has 5 atom stereocenters. The number of hydrogen-bond donors (Lipinski definition) is 3. The van der Waals surface area contributed by atoms with Crippen LogP contribution in [0.25, 0.3) is 0 Å². The van der Waals surface area contributed by atoms with Crippen molar-refractivity contribution in [1.82, 2.24) is 0 Å². The summed E-state index contributed by atoms with van der Waals surface area (Å²) in [6.45, 7) is 10.0. The van der Waals surface area contributed by atoms with Gasteiger partial charge in [-0.05, 0) is 57.6 Å². The summed E-state index contributed by atoms with van der Waals surface area (Å²) in [7, 11) is 0. The highest BCUT2D eigenvalue weighted by Gasteiger charge is 2.11. The third-order valence-corrected chi connectivity index (χ3v) is 3.68. The predicted molar refractivity (Wildman–Crippen MR) is 107 cm³/mol. The Hall–Kier alpha value is -1.67. The summed E-state index contributed by atoms with van der Waals surface area (Å²) < 4.78 is 5.08. The van der Waals surface area contributed by atoms with E-state index in [1.165, 1.54) is 6.92 Å². The first kappa shape index (κ1) is 26.3. The molecule has 0 amide bonds. The van der Waals surface area contributed by atoms with Gasteiger partial charge in [-0.15, -0.1) is 0 Å². The van der Waals surface area contributed by atoms with Crippen molar-refractivity contribution in [2.24, 2.45) is 11.8 Å². The molecule has 0 heterocycles. The molecule has 0 aromatic heterocycles. The molecule has 1 aromatic rings. The van der Waals surface area contributed by atoms with Gasteiger partial charge in [0.2, 0.25) is 0 Å². The molecule has 3 N–H and O–H groups in total. The topological polar surface area (TPSA) is 105 Å². The van der Waals surface area contributed by atoms with Crippen molar-refractivity contribution in [3.05, 3.63) is 30.3 Å². The van der Waals surface area contributed by atoms with Crippen LogP contribution in [0.15, 0.2) is 30.3 Å². The van der Waals surface area contributed by atoms with Crippen LogP contribution in [-0.4, -0.2) is 52.8 Å². The quantitative estimate of drug-likeness (QED) is 0.281. The van der Waals surface area contributed by atoms with Gasteiger partial charge in [0.05, 0.1) is 25.4 Å². The summed E-state index contributed by atoms with van der Waals surface area (Å²) in [4.78, 5) is 20.5. The first-order valence-electron chi connectivity index (χ1n) is 9.66. The number of benzene rings is 1. The van der Waals surface area contributed by atoms with E-state index in [0.29, 0.717) is 31.8 Å². The average molecular weight is 401 g/mol. The minimum Gasteiger partial charge on any atom is -0.479 e. The Bertz CT molecular complexity index is 487. The van der Waals surface area contributed by atoms with Crippen molar-refractivity contribution in [1.29, 1.82) is 0 Å². The molecule has 0 saturated heterocycles. The molecule has 7 nitrogen and oxygen atoms in total. The zero-order chi connectivity index (χ0) is 21.5. The minimum atomic E-state index is -0.959. The Labute approximate surface area is 168 Å². The highest BCUT2D eigenvalue weighted by atomic mass is 17.2. The van der Waals surface area contributed by atoms with Gasteiger partial charge in [-0.25, -0.2) is 14.6 Å². The summed E-state index contributed by atoms with van der Waals surface area (Å²) in [6.07, 6.45) is 0.0343. The number of para-hydroxylation sites is 1. The molecule has 0 fully saturated rings. The van der Waals surface area contributed by atoms with Crippen LogP contribution in [0.1, 0.15) is 47.5 Å². The summed E-state index contributed by atoms with van der Waals surface area (Å²) in [5.74, 6) is 0.186. The molecule has 0 bridgehead atoms. The molecule has 5 unspecified atom stereocenters. The van der Waals surface area contributed by atoms with Crippen molar-refractivity contribution in [3.8, 4) is 5.75 Å². The molecular weight excluding hydrogens is 364 g/mol. The zero-order valence-corrected chi connectivity index (χ0v) is 17.6. The monoisotopic (exact) mass is 400 g/mol. The minimum absolute atomic E-state index is 0.284. The lowest BCUT2D eigenvalue weighted by Gasteiger charge is -2.15. The van der Waals surface area contributed by atoms with Crippen LogP contribution in [0, 0.1) is 11.8 Å². The van der Waals surface area contributed by atoms with Crippen LogP contribution in [0.3, 0.4) is 0 Å². The van der Waals surface area contributed by atoms with E-state index >= 15 is 0 Å². The fourth-order valence-electron chi connectivity index (χ4n) is 2.38. The number of carboxylic acids is 1. The maximum Gasteiger partial charge on any atom is 0.344 e. The van der Waals surface area contributed by atoms with Gasteiger partial charge in [-0.2, -0.15) is 0 Å². The van der Waals surface area contributed by atoms with Gasteiger partial charge in [0.1, 0.15) is 5.75 Å². The molecule has 1 rings (SSSR count). The number of carbonyl (C=O) groups is 1. The number of hydrogen-bond acceptors (Lipinski definition) is 6. The largest absolute Gasteiger partial charge is 0.479 e. The van der Waals surface area contributed by atoms with E-state index in [-0.39, 0.29) is 24.0 Å². The molecule has 162 valence electrons. The average Bonchev–Trinajstić information content (AvgIpc) is 2.59. The van der Waals surface area contributed by atoms with Gasteiger partial charge in [0.25, 0.3) is 0 Å². The Kier molecular flexibility index (Phi) is 14.4. The van der Waals surface area contributed by atoms with Crippen LogP contribution in [0.4, 0.5) is 0 Å². The van der Waals surface area contributed by atoms with Crippen LogP contribution in [-0.2, 0) is 14.6 Å². The molecule has 0 aliphatic rings. The van der Waals surface area contributed by atoms with Crippen LogP contribution < -0.4 is 4.74 Å². The van der Waals surface area contributed by atoms with Gasteiger partial charge < -0.3 is 20.1 Å². The van der Waals surface area contributed by atoms with E-state index in [0.717, 1.165) is 0 Å². The Morgan fingerprint density at radius 2 is 1.29 bits per heavy atom. The number of ether oxygens (including phenoxy) is 1. The number of carboxylic acid groups (broad SMARTS) is 1. The molecule has 7 heteroatoms. The summed E-state index contributed by atoms with van der Waals surface area (Å²) in [5, 5.41) is 26.8. The second kappa shape index (κ2) is 15.3. The predicted octanol–water partition coefficient (Wildman–Crippen LogP) is 3.29. The van der Waals surface area contributed by atoms with E-state index < -0.39 is 12.1 Å². The summed E-state index contributed by atoms with van der Waals surface area (Å²) in [5.41, 5.74) is 0. The van der Waals surface area contributed by atoms with Crippen LogP contribution in [0.2, 0.25) is 0 Å². The molecule has 1 aromatic carbocycles. The van der Waals surface area contributed by atoms with Gasteiger partial charge in [-0.1, -0.05) is 32.0 Å². The van der Waals surface area contributed by atoms with E-state index in [1.54, 1.807) is 38.1 Å². The Morgan fingerprint density at radius 1 is 0.857 bits per heavy atom. The number of aliphatic hydroxyl groups is 2. The Balaban J connectivity index is 0.000000540. The molecule has 28 heavy (non-hydrogen) atoms. The third-order valence-electron chi connectivity index (χ3n) is 3.68. The first-order chi connectivity index (χ1) is 13.1. The van der Waals surface area contributed by atoms with Gasteiger partial charge in [0.15, 0.2) is 6.10 Å². The lowest BCUT2D eigenvalue weighted by atomic mass is 10.1. The Morgan fingerprint density at radius 3 is 1.64 bits per heavy atom. The normalized spacial score (nSPS) is 16.1. The lowest BCUT2D eigenvalue weighted by molar-refractivity contribution is -0.307. The van der Waals surface area contributed by atoms with Crippen molar-refractivity contribution < 1.29 is 34.6 Å². The molecule has 0 aliphatic heterocycles. The van der Waals surface area contributed by atoms with E-state index in [1.807, 2.05) is 19.9 Å². The second-order valence-corrected chi connectivity index (χ2v) is 7.36. The number of aliphatic hydroxyl groups excluding tert-OH is 2. The maximum atomic E-state index is 10.4. The number of aliphatic carboxylic acids is 1. The highest BCUT2D eigenvalue weighted by Crippen LogP contribution is 2.10. The molecule has 0 aliphatic carbocycles. The van der Waals surface area contributed by atoms with E-state index in [4.69, 9.17) is 29.8 Å². The van der Waals surface area contributed by atoms with E-state index in [2.05, 4.69) is 0 Å². The highest BCUT2D eigenvalue weighted by molar-refractivity contribution is 5.72. The second-order valence-electron chi connectivity index (χ2n) is 7.36. The summed E-state index contributed by atoms with van der Waals surface area (Å²) >= 11 is 0. The van der Waals surface area contributed by atoms with Crippen LogP contribution >= 0.6 is 0 Å². The summed E-state index contributed by atoms with van der Waals surface area (Å²) in [6, 6.07) is 8.88. The fourth-order valence-corrected chi connectivity index (χ4v) is 2.38. The molecule has 0 spiro atoms. The number of rotatable bonds is 12. The first-order valence-corrected chi connectivity index (χ1v) is 9.66. The molecule has 0 radical (unpaired) electrons. The van der Waals surface area contributed by atoms with Gasteiger partial charge in [0, 0.05) is 0 Å². The van der Waals surface area contributed by atoms with Gasteiger partial charge >= 0.3 is 5.97 Å². The van der Waals surface area contributed by atoms with Crippen molar-refractivity contribution in [2.45, 2.75) is 65.8 Å².